The number of amides is 1. The monoisotopic (exact) mass is 421 g/mol. The first-order valence-corrected chi connectivity index (χ1v) is 9.35. The van der Waals surface area contributed by atoms with Crippen molar-refractivity contribution in [2.45, 2.75) is 32.1 Å². The van der Waals surface area contributed by atoms with Gasteiger partial charge in [0, 0.05) is 35.1 Å². The van der Waals surface area contributed by atoms with E-state index in [1.807, 2.05) is 18.2 Å². The van der Waals surface area contributed by atoms with E-state index in [1.165, 1.54) is 0 Å². The molecule has 0 aromatic heterocycles. The number of rotatable bonds is 9. The fraction of sp³-hybridized carbons (Fsp3) is 0.600. The Morgan fingerprint density at radius 3 is 2.57 bits per heavy atom. The van der Waals surface area contributed by atoms with Crippen molar-refractivity contribution in [1.29, 1.82) is 0 Å². The van der Waals surface area contributed by atoms with Crippen LogP contribution in [0.5, 0.6) is 0 Å². The van der Waals surface area contributed by atoms with E-state index in [0.717, 1.165) is 35.6 Å². The molecule has 1 unspecified atom stereocenters. The van der Waals surface area contributed by atoms with E-state index < -0.39 is 0 Å². The zero-order valence-corrected chi connectivity index (χ0v) is 15.1. The van der Waals surface area contributed by atoms with Gasteiger partial charge in [0.25, 0.3) is 0 Å². The maximum atomic E-state index is 11.6. The summed E-state index contributed by atoms with van der Waals surface area (Å²) in [5.74, 6) is 0.0758. The second-order valence-electron chi connectivity index (χ2n) is 4.83. The SMILES string of the molecule is O=C(CCCBr)NC1=CCC(COC(=O)CCCBr)C=C1. The van der Waals surface area contributed by atoms with Crippen LogP contribution >= 0.6 is 31.9 Å². The third kappa shape index (κ3) is 8.41. The molecule has 0 saturated carbocycles. The number of carbonyl (C=O) groups excluding carboxylic acids is 2. The van der Waals surface area contributed by atoms with E-state index >= 15 is 0 Å². The highest BCUT2D eigenvalue weighted by Gasteiger charge is 2.12. The van der Waals surface area contributed by atoms with Gasteiger partial charge in [-0.2, -0.15) is 0 Å². The predicted molar refractivity (Wildman–Crippen MR) is 90.5 cm³/mol. The average Bonchev–Trinajstić information content (AvgIpc) is 2.50. The number of hydrogen-bond donors (Lipinski definition) is 1. The molecule has 21 heavy (non-hydrogen) atoms. The lowest BCUT2D eigenvalue weighted by atomic mass is 10.0. The second kappa shape index (κ2) is 11.0. The Morgan fingerprint density at radius 2 is 1.95 bits per heavy atom. The van der Waals surface area contributed by atoms with Crippen LogP contribution in [0.4, 0.5) is 0 Å². The summed E-state index contributed by atoms with van der Waals surface area (Å²) in [6.07, 6.45) is 9.21. The highest BCUT2D eigenvalue weighted by molar-refractivity contribution is 9.09. The molecule has 1 aliphatic rings. The average molecular weight is 423 g/mol. The quantitative estimate of drug-likeness (QED) is 0.457. The van der Waals surface area contributed by atoms with Crippen LogP contribution in [0.1, 0.15) is 32.1 Å². The molecule has 1 amide bonds. The number of halogens is 2. The first-order valence-electron chi connectivity index (χ1n) is 7.11. The Hall–Kier alpha value is -0.620. The van der Waals surface area contributed by atoms with Gasteiger partial charge in [0.05, 0.1) is 6.61 Å². The summed E-state index contributed by atoms with van der Waals surface area (Å²) < 4.78 is 5.22. The van der Waals surface area contributed by atoms with Crippen molar-refractivity contribution >= 4 is 43.7 Å². The van der Waals surface area contributed by atoms with Crippen LogP contribution in [0.15, 0.2) is 23.9 Å². The summed E-state index contributed by atoms with van der Waals surface area (Å²) in [7, 11) is 0. The molecule has 0 aromatic carbocycles. The number of hydrogen-bond acceptors (Lipinski definition) is 3. The molecule has 0 bridgehead atoms. The van der Waals surface area contributed by atoms with Crippen molar-refractivity contribution < 1.29 is 14.3 Å². The standard InChI is InChI=1S/C15H21Br2NO3/c16-9-1-3-14(19)18-13-7-5-12(6-8-13)11-21-15(20)4-2-10-17/h5,7-8,12H,1-4,6,9-11H2,(H,18,19). The molecule has 0 aromatic rings. The maximum absolute atomic E-state index is 11.6. The Balaban J connectivity index is 2.23. The number of nitrogens with one attached hydrogen (secondary N) is 1. The molecule has 0 heterocycles. The molecule has 118 valence electrons. The number of carbonyl (C=O) groups is 2. The van der Waals surface area contributed by atoms with Crippen LogP contribution in [0.3, 0.4) is 0 Å². The molecule has 6 heteroatoms. The lowest BCUT2D eigenvalue weighted by Gasteiger charge is -2.16. The normalized spacial score (nSPS) is 17.2. The maximum Gasteiger partial charge on any atom is 0.305 e. The van der Waals surface area contributed by atoms with Gasteiger partial charge in [-0.1, -0.05) is 44.0 Å². The minimum atomic E-state index is -0.152. The van der Waals surface area contributed by atoms with Crippen LogP contribution in [-0.2, 0) is 14.3 Å². The molecule has 1 atom stereocenters. The third-order valence-corrected chi connectivity index (χ3v) is 4.10. The Morgan fingerprint density at radius 1 is 1.24 bits per heavy atom. The van der Waals surface area contributed by atoms with Gasteiger partial charge in [0.2, 0.25) is 5.91 Å². The minimum Gasteiger partial charge on any atom is -0.465 e. The zero-order valence-electron chi connectivity index (χ0n) is 11.9. The van der Waals surface area contributed by atoms with Crippen molar-refractivity contribution in [1.82, 2.24) is 5.32 Å². The number of esters is 1. The van der Waals surface area contributed by atoms with Gasteiger partial charge in [-0.3, -0.25) is 9.59 Å². The van der Waals surface area contributed by atoms with E-state index in [1.54, 1.807) is 0 Å². The van der Waals surface area contributed by atoms with Gasteiger partial charge in [0.15, 0.2) is 0 Å². The minimum absolute atomic E-state index is 0.0324. The van der Waals surface area contributed by atoms with Crippen LogP contribution in [-0.4, -0.2) is 29.1 Å². The van der Waals surface area contributed by atoms with Gasteiger partial charge in [-0.25, -0.2) is 0 Å². The summed E-state index contributed by atoms with van der Waals surface area (Å²) in [4.78, 5) is 23.0. The molecule has 1 N–H and O–H groups in total. The van der Waals surface area contributed by atoms with Gasteiger partial charge in [0.1, 0.15) is 0 Å². The highest BCUT2D eigenvalue weighted by Crippen LogP contribution is 2.16. The van der Waals surface area contributed by atoms with Crippen molar-refractivity contribution in [2.24, 2.45) is 5.92 Å². The number of alkyl halides is 2. The first kappa shape index (κ1) is 18.4. The van der Waals surface area contributed by atoms with Gasteiger partial charge >= 0.3 is 5.97 Å². The molecule has 4 nitrogen and oxygen atoms in total. The topological polar surface area (TPSA) is 55.4 Å². The summed E-state index contributed by atoms with van der Waals surface area (Å²) in [6.45, 7) is 0.402. The predicted octanol–water partition coefficient (Wildman–Crippen LogP) is 3.46. The fourth-order valence-electron chi connectivity index (χ4n) is 1.82. The number of ether oxygens (including phenoxy) is 1. The molecule has 0 aliphatic heterocycles. The third-order valence-electron chi connectivity index (χ3n) is 2.98. The van der Waals surface area contributed by atoms with Crippen molar-refractivity contribution in [3.05, 3.63) is 23.9 Å². The largest absolute Gasteiger partial charge is 0.465 e. The fourth-order valence-corrected chi connectivity index (χ4v) is 2.38. The molecule has 0 fully saturated rings. The lowest BCUT2D eigenvalue weighted by Crippen LogP contribution is -2.23. The van der Waals surface area contributed by atoms with Crippen molar-refractivity contribution in [2.75, 3.05) is 17.3 Å². The van der Waals surface area contributed by atoms with Gasteiger partial charge < -0.3 is 10.1 Å². The first-order chi connectivity index (χ1) is 10.2. The summed E-state index contributed by atoms with van der Waals surface area (Å²) in [6, 6.07) is 0. The molecular weight excluding hydrogens is 402 g/mol. The Bertz CT molecular complexity index is 408. The summed E-state index contributed by atoms with van der Waals surface area (Å²) in [5.41, 5.74) is 0.830. The summed E-state index contributed by atoms with van der Waals surface area (Å²) in [5, 5.41) is 4.51. The molecule has 0 spiro atoms. The zero-order chi connectivity index (χ0) is 15.5. The van der Waals surface area contributed by atoms with Crippen molar-refractivity contribution in [3.63, 3.8) is 0 Å². The van der Waals surface area contributed by atoms with Gasteiger partial charge in [-0.15, -0.1) is 0 Å². The van der Waals surface area contributed by atoms with E-state index in [2.05, 4.69) is 37.2 Å². The van der Waals surface area contributed by atoms with Crippen LogP contribution in [0.2, 0.25) is 0 Å². The molecule has 1 rings (SSSR count). The van der Waals surface area contributed by atoms with Crippen LogP contribution in [0.25, 0.3) is 0 Å². The molecule has 1 aliphatic carbocycles. The molecule has 0 radical (unpaired) electrons. The Kier molecular flexibility index (Phi) is 9.67. The highest BCUT2D eigenvalue weighted by atomic mass is 79.9. The summed E-state index contributed by atoms with van der Waals surface area (Å²) >= 11 is 6.59. The van der Waals surface area contributed by atoms with Crippen LogP contribution < -0.4 is 5.32 Å². The second-order valence-corrected chi connectivity index (χ2v) is 6.42. The number of allylic oxidation sites excluding steroid dienone is 2. The van der Waals surface area contributed by atoms with Crippen molar-refractivity contribution in [3.8, 4) is 0 Å². The van der Waals surface area contributed by atoms with Crippen LogP contribution in [0, 0.1) is 5.92 Å². The Labute approximate surface area is 142 Å². The van der Waals surface area contributed by atoms with E-state index in [9.17, 15) is 9.59 Å². The molecule has 0 saturated heterocycles. The van der Waals surface area contributed by atoms with E-state index in [-0.39, 0.29) is 17.8 Å². The van der Waals surface area contributed by atoms with E-state index in [4.69, 9.17) is 4.74 Å². The van der Waals surface area contributed by atoms with Gasteiger partial charge in [-0.05, 0) is 25.3 Å². The van der Waals surface area contributed by atoms with E-state index in [0.29, 0.717) is 19.4 Å². The molecular formula is C15H21Br2NO3. The lowest BCUT2D eigenvalue weighted by molar-refractivity contribution is -0.144. The smallest absolute Gasteiger partial charge is 0.305 e.